The lowest BCUT2D eigenvalue weighted by molar-refractivity contribution is 0.836. The quantitative estimate of drug-likeness (QED) is 0.653. The number of pyridine rings is 1. The van der Waals surface area contributed by atoms with E-state index in [1.807, 2.05) is 0 Å². The monoisotopic (exact) mass is 264 g/mol. The Kier molecular flexibility index (Phi) is 3.09. The van der Waals surface area contributed by atoms with Crippen molar-refractivity contribution < 1.29 is 0 Å². The van der Waals surface area contributed by atoms with Crippen LogP contribution in [0.4, 0.5) is 0 Å². The van der Waals surface area contributed by atoms with Crippen molar-refractivity contribution in [3.8, 4) is 11.3 Å². The van der Waals surface area contributed by atoms with Crippen molar-refractivity contribution in [1.29, 1.82) is 0 Å². The second kappa shape index (κ2) is 4.78. The van der Waals surface area contributed by atoms with Crippen LogP contribution in [-0.4, -0.2) is 9.38 Å². The van der Waals surface area contributed by atoms with Crippen LogP contribution >= 0.6 is 0 Å². The summed E-state index contributed by atoms with van der Waals surface area (Å²) in [7, 11) is 0. The van der Waals surface area contributed by atoms with Crippen LogP contribution in [0.3, 0.4) is 0 Å². The van der Waals surface area contributed by atoms with E-state index in [1.54, 1.807) is 0 Å². The van der Waals surface area contributed by atoms with E-state index in [9.17, 15) is 0 Å². The summed E-state index contributed by atoms with van der Waals surface area (Å²) in [4.78, 5) is 4.87. The maximum Gasteiger partial charge on any atom is 0.138 e. The minimum atomic E-state index is 0.407. The number of nitrogens with zero attached hydrogens (tertiary/aromatic N) is 2. The average molecular weight is 264 g/mol. The van der Waals surface area contributed by atoms with Gasteiger partial charge in [0.2, 0.25) is 0 Å². The van der Waals surface area contributed by atoms with Crippen molar-refractivity contribution in [2.45, 2.75) is 33.6 Å². The zero-order valence-corrected chi connectivity index (χ0v) is 12.5. The Labute approximate surface area is 120 Å². The van der Waals surface area contributed by atoms with E-state index in [0.717, 1.165) is 5.65 Å². The second-order valence-electron chi connectivity index (χ2n) is 5.73. The Balaban J connectivity index is 2.41. The number of aryl methyl sites for hydroxylation is 2. The van der Waals surface area contributed by atoms with Gasteiger partial charge in [0.25, 0.3) is 0 Å². The zero-order chi connectivity index (χ0) is 14.3. The fourth-order valence-corrected chi connectivity index (χ4v) is 2.82. The summed E-state index contributed by atoms with van der Waals surface area (Å²) in [6, 6.07) is 14.9. The topological polar surface area (TPSA) is 17.3 Å². The molecule has 0 N–H and O–H groups in total. The van der Waals surface area contributed by atoms with E-state index >= 15 is 0 Å². The van der Waals surface area contributed by atoms with Crippen LogP contribution in [0.5, 0.6) is 0 Å². The van der Waals surface area contributed by atoms with Crippen molar-refractivity contribution in [1.82, 2.24) is 9.38 Å². The summed E-state index contributed by atoms with van der Waals surface area (Å²) < 4.78 is 2.28. The molecule has 0 saturated carbocycles. The minimum Gasteiger partial charge on any atom is -0.297 e. The Hall–Kier alpha value is -2.09. The number of hydrogen-bond donors (Lipinski definition) is 0. The maximum absolute atomic E-state index is 4.87. The summed E-state index contributed by atoms with van der Waals surface area (Å²) >= 11 is 0. The molecule has 102 valence electrons. The highest BCUT2D eigenvalue weighted by molar-refractivity contribution is 5.69. The van der Waals surface area contributed by atoms with Crippen molar-refractivity contribution in [3.63, 3.8) is 0 Å². The van der Waals surface area contributed by atoms with Gasteiger partial charge in [-0.3, -0.25) is 4.40 Å². The third-order valence-corrected chi connectivity index (χ3v) is 3.67. The predicted molar refractivity (Wildman–Crippen MR) is 84.2 cm³/mol. The lowest BCUT2D eigenvalue weighted by Gasteiger charge is -2.10. The number of benzene rings is 1. The third kappa shape index (κ3) is 2.01. The number of hydrogen-bond acceptors (Lipinski definition) is 1. The highest BCUT2D eigenvalue weighted by atomic mass is 15.0. The molecule has 2 nitrogen and oxygen atoms in total. The van der Waals surface area contributed by atoms with E-state index in [0.29, 0.717) is 5.92 Å². The van der Waals surface area contributed by atoms with E-state index in [-0.39, 0.29) is 0 Å². The van der Waals surface area contributed by atoms with E-state index < -0.39 is 0 Å². The van der Waals surface area contributed by atoms with Gasteiger partial charge in [0.1, 0.15) is 5.65 Å². The molecule has 20 heavy (non-hydrogen) atoms. The lowest BCUT2D eigenvalue weighted by Crippen LogP contribution is -1.97. The van der Waals surface area contributed by atoms with Crippen LogP contribution in [0.1, 0.15) is 36.7 Å². The van der Waals surface area contributed by atoms with Gasteiger partial charge >= 0.3 is 0 Å². The van der Waals surface area contributed by atoms with Crippen molar-refractivity contribution >= 4 is 5.65 Å². The Morgan fingerprint density at radius 2 is 1.70 bits per heavy atom. The first-order chi connectivity index (χ1) is 9.58. The molecule has 0 amide bonds. The first-order valence-corrected chi connectivity index (χ1v) is 7.13. The van der Waals surface area contributed by atoms with Crippen LogP contribution in [0.2, 0.25) is 0 Å². The molecule has 3 rings (SSSR count). The second-order valence-corrected chi connectivity index (χ2v) is 5.73. The van der Waals surface area contributed by atoms with E-state index in [4.69, 9.17) is 4.98 Å². The number of aromatic nitrogens is 2. The SMILES string of the molecule is Cc1cc(C)n2c(-c3ccccc3)c(C(C)C)nc2c1. The molecule has 0 spiro atoms. The summed E-state index contributed by atoms with van der Waals surface area (Å²) in [6.07, 6.45) is 0. The molecule has 0 atom stereocenters. The van der Waals surface area contributed by atoms with Crippen molar-refractivity contribution in [2.75, 3.05) is 0 Å². The van der Waals surface area contributed by atoms with Crippen LogP contribution < -0.4 is 0 Å². The molecule has 0 saturated heterocycles. The fourth-order valence-electron chi connectivity index (χ4n) is 2.82. The van der Waals surface area contributed by atoms with Gasteiger partial charge in [0.05, 0.1) is 11.4 Å². The molecule has 3 aromatic rings. The maximum atomic E-state index is 4.87. The molecular weight excluding hydrogens is 244 g/mol. The first kappa shape index (κ1) is 12.9. The predicted octanol–water partition coefficient (Wildman–Crippen LogP) is 4.74. The Bertz CT molecular complexity index is 752. The normalized spacial score (nSPS) is 11.4. The molecule has 2 aromatic heterocycles. The van der Waals surface area contributed by atoms with Crippen LogP contribution in [0, 0.1) is 13.8 Å². The third-order valence-electron chi connectivity index (χ3n) is 3.67. The largest absolute Gasteiger partial charge is 0.297 e. The Morgan fingerprint density at radius 3 is 2.35 bits per heavy atom. The summed E-state index contributed by atoms with van der Waals surface area (Å²) in [6.45, 7) is 8.68. The molecule has 1 aromatic carbocycles. The molecule has 0 aliphatic carbocycles. The summed E-state index contributed by atoms with van der Waals surface area (Å²) in [5.74, 6) is 0.407. The first-order valence-electron chi connectivity index (χ1n) is 7.13. The van der Waals surface area contributed by atoms with Crippen molar-refractivity contribution in [3.05, 3.63) is 59.4 Å². The molecule has 0 radical (unpaired) electrons. The molecule has 2 heterocycles. The average Bonchev–Trinajstić information content (AvgIpc) is 2.79. The van der Waals surface area contributed by atoms with E-state index in [1.165, 1.54) is 28.2 Å². The van der Waals surface area contributed by atoms with Gasteiger partial charge in [-0.15, -0.1) is 0 Å². The molecule has 0 aliphatic rings. The van der Waals surface area contributed by atoms with E-state index in [2.05, 4.69) is 74.6 Å². The van der Waals surface area contributed by atoms with Gasteiger partial charge < -0.3 is 0 Å². The van der Waals surface area contributed by atoms with Gasteiger partial charge in [-0.05, 0) is 37.5 Å². The molecule has 0 bridgehead atoms. The number of rotatable bonds is 2. The highest BCUT2D eigenvalue weighted by Crippen LogP contribution is 2.31. The van der Waals surface area contributed by atoms with Crippen molar-refractivity contribution in [2.24, 2.45) is 0 Å². The lowest BCUT2D eigenvalue weighted by atomic mass is 10.0. The fraction of sp³-hybridized carbons (Fsp3) is 0.278. The van der Waals surface area contributed by atoms with Gasteiger partial charge in [0.15, 0.2) is 0 Å². The molecule has 0 unspecified atom stereocenters. The standard InChI is InChI=1S/C18H20N2/c1-12(2)17-18(15-8-6-5-7-9-15)20-14(4)10-13(3)11-16(20)19-17/h5-12H,1-4H3. The zero-order valence-electron chi connectivity index (χ0n) is 12.5. The number of fused-ring (bicyclic) bond motifs is 1. The van der Waals surface area contributed by atoms with Gasteiger partial charge in [-0.25, -0.2) is 4.98 Å². The summed E-state index contributed by atoms with van der Waals surface area (Å²) in [5.41, 5.74) is 7.17. The van der Waals surface area contributed by atoms with Gasteiger partial charge in [-0.2, -0.15) is 0 Å². The number of imidazole rings is 1. The molecular formula is C18H20N2. The van der Waals surface area contributed by atoms with Gasteiger partial charge in [-0.1, -0.05) is 44.2 Å². The van der Waals surface area contributed by atoms with Crippen LogP contribution in [0.25, 0.3) is 16.9 Å². The van der Waals surface area contributed by atoms with Crippen LogP contribution in [0.15, 0.2) is 42.5 Å². The highest BCUT2D eigenvalue weighted by Gasteiger charge is 2.17. The molecule has 0 aliphatic heterocycles. The Morgan fingerprint density at radius 1 is 1.00 bits per heavy atom. The summed E-state index contributed by atoms with van der Waals surface area (Å²) in [5, 5.41) is 0. The molecule has 2 heteroatoms. The van der Waals surface area contributed by atoms with Crippen LogP contribution in [-0.2, 0) is 0 Å². The molecule has 0 fully saturated rings. The minimum absolute atomic E-state index is 0.407. The smallest absolute Gasteiger partial charge is 0.138 e. The van der Waals surface area contributed by atoms with Gasteiger partial charge in [0, 0.05) is 11.3 Å².